The molecule has 0 aromatic heterocycles. The maximum Gasteiger partial charge on any atom is 0.236 e. The van der Waals surface area contributed by atoms with Gasteiger partial charge in [0.1, 0.15) is 0 Å². The molecular formula is C14H22N2O2S. The third kappa shape index (κ3) is 3.70. The van der Waals surface area contributed by atoms with Gasteiger partial charge in [0.15, 0.2) is 0 Å². The number of para-hydroxylation sites is 1. The van der Waals surface area contributed by atoms with E-state index < -0.39 is 10.0 Å². The third-order valence-electron chi connectivity index (χ3n) is 3.49. The van der Waals surface area contributed by atoms with Crippen molar-refractivity contribution in [3.05, 3.63) is 30.3 Å². The first-order valence-corrected chi connectivity index (χ1v) is 8.53. The zero-order chi connectivity index (χ0) is 13.7. The highest BCUT2D eigenvalue weighted by Gasteiger charge is 2.26. The second-order valence-electron chi connectivity index (χ2n) is 4.93. The van der Waals surface area contributed by atoms with E-state index in [-0.39, 0.29) is 11.8 Å². The number of nitrogens with zero attached hydrogens (tertiary/aromatic N) is 1. The molecule has 0 saturated carbocycles. The quantitative estimate of drug-likeness (QED) is 0.898. The topological polar surface area (TPSA) is 49.4 Å². The summed E-state index contributed by atoms with van der Waals surface area (Å²) in [5.74, 6) is 0.190. The molecule has 5 heteroatoms. The largest absolute Gasteiger partial charge is 0.313 e. The molecule has 2 rings (SSSR count). The lowest BCUT2D eigenvalue weighted by molar-refractivity contribution is 0.423. The Kier molecular flexibility index (Phi) is 4.82. The van der Waals surface area contributed by atoms with Gasteiger partial charge >= 0.3 is 0 Å². The second kappa shape index (κ2) is 6.39. The molecule has 4 nitrogen and oxygen atoms in total. The Hall–Kier alpha value is -1.07. The van der Waals surface area contributed by atoms with Crippen molar-refractivity contribution in [1.82, 2.24) is 5.32 Å². The molecule has 0 aliphatic carbocycles. The van der Waals surface area contributed by atoms with Gasteiger partial charge in [-0.25, -0.2) is 8.42 Å². The number of rotatable bonds is 5. The summed E-state index contributed by atoms with van der Waals surface area (Å²) >= 11 is 0. The molecule has 1 aliphatic heterocycles. The van der Waals surface area contributed by atoms with E-state index in [9.17, 15) is 8.42 Å². The molecule has 1 N–H and O–H groups in total. The zero-order valence-corrected chi connectivity index (χ0v) is 12.2. The third-order valence-corrected chi connectivity index (χ3v) is 5.46. The summed E-state index contributed by atoms with van der Waals surface area (Å²) in [5, 5.41) is 3.30. The van der Waals surface area contributed by atoms with Crippen LogP contribution in [-0.4, -0.2) is 33.3 Å². The van der Waals surface area contributed by atoms with E-state index in [0.717, 1.165) is 31.5 Å². The standard InChI is InChI=1S/C14H22N2O2S/c1-2-16(14-9-4-3-5-10-14)19(17,18)12-13-8-6-7-11-15-13/h3-5,9-10,13,15H,2,6-8,11-12H2,1H3. The predicted molar refractivity (Wildman–Crippen MR) is 78.9 cm³/mol. The Morgan fingerprint density at radius 1 is 1.26 bits per heavy atom. The number of hydrogen-bond acceptors (Lipinski definition) is 3. The summed E-state index contributed by atoms with van der Waals surface area (Å²) in [6, 6.07) is 9.41. The van der Waals surface area contributed by atoms with Gasteiger partial charge in [-0.2, -0.15) is 0 Å². The molecule has 0 spiro atoms. The average Bonchev–Trinajstić information content (AvgIpc) is 2.41. The molecule has 1 saturated heterocycles. The lowest BCUT2D eigenvalue weighted by atomic mass is 10.1. The van der Waals surface area contributed by atoms with Crippen molar-refractivity contribution < 1.29 is 8.42 Å². The van der Waals surface area contributed by atoms with Crippen LogP contribution in [0.15, 0.2) is 30.3 Å². The number of benzene rings is 1. The maximum atomic E-state index is 12.5. The van der Waals surface area contributed by atoms with E-state index in [1.807, 2.05) is 37.3 Å². The van der Waals surface area contributed by atoms with E-state index in [1.165, 1.54) is 4.31 Å². The van der Waals surface area contributed by atoms with Gasteiger partial charge in [0.2, 0.25) is 10.0 Å². The maximum absolute atomic E-state index is 12.5. The lowest BCUT2D eigenvalue weighted by Crippen LogP contribution is -2.44. The van der Waals surface area contributed by atoms with Crippen molar-refractivity contribution in [2.24, 2.45) is 0 Å². The average molecular weight is 282 g/mol. The van der Waals surface area contributed by atoms with Crippen molar-refractivity contribution in [3.63, 3.8) is 0 Å². The fourth-order valence-corrected chi connectivity index (χ4v) is 4.35. The van der Waals surface area contributed by atoms with Crippen LogP contribution in [0.25, 0.3) is 0 Å². The molecule has 1 aromatic carbocycles. The Bertz CT molecular complexity index is 481. The Morgan fingerprint density at radius 2 is 2.00 bits per heavy atom. The minimum atomic E-state index is -3.25. The van der Waals surface area contributed by atoms with Crippen LogP contribution in [0.3, 0.4) is 0 Å². The summed E-state index contributed by atoms with van der Waals surface area (Å²) in [6.07, 6.45) is 3.21. The fraction of sp³-hybridized carbons (Fsp3) is 0.571. The Morgan fingerprint density at radius 3 is 2.58 bits per heavy atom. The second-order valence-corrected chi connectivity index (χ2v) is 6.86. The van der Waals surface area contributed by atoms with E-state index in [0.29, 0.717) is 6.54 Å². The normalized spacial score (nSPS) is 20.2. The highest BCUT2D eigenvalue weighted by molar-refractivity contribution is 7.92. The van der Waals surface area contributed by atoms with Gasteiger partial charge < -0.3 is 5.32 Å². The first kappa shape index (κ1) is 14.3. The molecule has 0 bridgehead atoms. The SMILES string of the molecule is CCN(c1ccccc1)S(=O)(=O)CC1CCCCN1. The van der Waals surface area contributed by atoms with Crippen molar-refractivity contribution in [3.8, 4) is 0 Å². The smallest absolute Gasteiger partial charge is 0.236 e. The molecular weight excluding hydrogens is 260 g/mol. The van der Waals surface area contributed by atoms with Crippen LogP contribution in [0.2, 0.25) is 0 Å². The molecule has 1 heterocycles. The van der Waals surface area contributed by atoms with Gasteiger partial charge in [0, 0.05) is 12.6 Å². The fourth-order valence-electron chi connectivity index (χ4n) is 2.54. The van der Waals surface area contributed by atoms with Crippen LogP contribution in [0.4, 0.5) is 5.69 Å². The van der Waals surface area contributed by atoms with Crippen LogP contribution in [0.1, 0.15) is 26.2 Å². The first-order valence-electron chi connectivity index (χ1n) is 6.92. The molecule has 0 amide bonds. The summed E-state index contributed by atoms with van der Waals surface area (Å²) < 4.78 is 26.5. The monoisotopic (exact) mass is 282 g/mol. The lowest BCUT2D eigenvalue weighted by Gasteiger charge is -2.28. The molecule has 106 valence electrons. The van der Waals surface area contributed by atoms with E-state index >= 15 is 0 Å². The van der Waals surface area contributed by atoms with Gasteiger partial charge in [0.25, 0.3) is 0 Å². The molecule has 1 aliphatic rings. The molecule has 1 atom stereocenters. The van der Waals surface area contributed by atoms with Crippen molar-refractivity contribution >= 4 is 15.7 Å². The molecule has 19 heavy (non-hydrogen) atoms. The van der Waals surface area contributed by atoms with E-state index in [2.05, 4.69) is 5.32 Å². The van der Waals surface area contributed by atoms with Crippen molar-refractivity contribution in [2.75, 3.05) is 23.1 Å². The molecule has 1 fully saturated rings. The summed E-state index contributed by atoms with van der Waals surface area (Å²) in [4.78, 5) is 0. The van der Waals surface area contributed by atoms with Crippen LogP contribution >= 0.6 is 0 Å². The number of piperidine rings is 1. The molecule has 1 aromatic rings. The van der Waals surface area contributed by atoms with Crippen molar-refractivity contribution in [2.45, 2.75) is 32.2 Å². The number of nitrogens with one attached hydrogen (secondary N) is 1. The van der Waals surface area contributed by atoms with E-state index in [1.54, 1.807) is 0 Å². The number of sulfonamides is 1. The van der Waals surface area contributed by atoms with Crippen LogP contribution in [0, 0.1) is 0 Å². The summed E-state index contributed by atoms with van der Waals surface area (Å²) in [5.41, 5.74) is 0.751. The van der Waals surface area contributed by atoms with Gasteiger partial charge in [-0.05, 0) is 38.4 Å². The minimum absolute atomic E-state index is 0.0940. The highest BCUT2D eigenvalue weighted by Crippen LogP contribution is 2.19. The predicted octanol–water partition coefficient (Wildman–Crippen LogP) is 1.98. The van der Waals surface area contributed by atoms with Gasteiger partial charge in [0.05, 0.1) is 11.4 Å². The van der Waals surface area contributed by atoms with Crippen molar-refractivity contribution in [1.29, 1.82) is 0 Å². The summed E-state index contributed by atoms with van der Waals surface area (Å²) in [7, 11) is -3.25. The Labute approximate surface area is 115 Å². The van der Waals surface area contributed by atoms with Gasteiger partial charge in [-0.1, -0.05) is 24.6 Å². The van der Waals surface area contributed by atoms with Crippen LogP contribution in [0.5, 0.6) is 0 Å². The Balaban J connectivity index is 2.12. The van der Waals surface area contributed by atoms with Gasteiger partial charge in [-0.3, -0.25) is 4.31 Å². The highest BCUT2D eigenvalue weighted by atomic mass is 32.2. The van der Waals surface area contributed by atoms with Crippen LogP contribution in [-0.2, 0) is 10.0 Å². The minimum Gasteiger partial charge on any atom is -0.313 e. The summed E-state index contributed by atoms with van der Waals surface area (Å²) in [6.45, 7) is 3.27. The molecule has 1 unspecified atom stereocenters. The number of hydrogen-bond donors (Lipinski definition) is 1. The first-order chi connectivity index (χ1) is 9.13. The number of anilines is 1. The zero-order valence-electron chi connectivity index (χ0n) is 11.4. The van der Waals surface area contributed by atoms with Crippen LogP contribution < -0.4 is 9.62 Å². The van der Waals surface area contributed by atoms with Gasteiger partial charge in [-0.15, -0.1) is 0 Å². The molecule has 0 radical (unpaired) electrons. The van der Waals surface area contributed by atoms with E-state index in [4.69, 9.17) is 0 Å².